The van der Waals surface area contributed by atoms with Crippen molar-refractivity contribution in [2.45, 2.75) is 6.04 Å². The molecule has 6 nitrogen and oxygen atoms in total. The molecule has 2 aromatic carbocycles. The number of benzene rings is 2. The van der Waals surface area contributed by atoms with Crippen molar-refractivity contribution in [3.8, 4) is 17.3 Å². The zero-order valence-electron chi connectivity index (χ0n) is 15.0. The minimum atomic E-state index is -0.226. The lowest BCUT2D eigenvalue weighted by Crippen LogP contribution is -2.19. The van der Waals surface area contributed by atoms with Gasteiger partial charge in [-0.1, -0.05) is 48.5 Å². The van der Waals surface area contributed by atoms with Crippen LogP contribution in [0.4, 0.5) is 0 Å². The number of furan rings is 1. The van der Waals surface area contributed by atoms with Gasteiger partial charge in [0, 0.05) is 11.5 Å². The van der Waals surface area contributed by atoms with Crippen molar-refractivity contribution in [1.29, 1.82) is 0 Å². The lowest BCUT2D eigenvalue weighted by Gasteiger charge is -2.13. The minimum Gasteiger partial charge on any atom is -0.475 e. The number of hydrogen-bond donors (Lipinski definition) is 1. The molecule has 0 bridgehead atoms. The van der Waals surface area contributed by atoms with E-state index in [0.29, 0.717) is 18.2 Å². The molecular weight excluding hydrogens is 352 g/mol. The predicted molar refractivity (Wildman–Crippen MR) is 107 cm³/mol. The van der Waals surface area contributed by atoms with Crippen LogP contribution in [0.15, 0.2) is 83.4 Å². The van der Waals surface area contributed by atoms with E-state index in [0.717, 1.165) is 27.9 Å². The molecule has 0 radical (unpaired) electrons. The van der Waals surface area contributed by atoms with E-state index in [2.05, 4.69) is 10.1 Å². The summed E-state index contributed by atoms with van der Waals surface area (Å²) in [6, 6.07) is 23.2. The smallest absolute Gasteiger partial charge is 0.231 e. The summed E-state index contributed by atoms with van der Waals surface area (Å²) in [6.07, 6.45) is 1.75. The number of para-hydroxylation sites is 1. The largest absolute Gasteiger partial charge is 0.475 e. The van der Waals surface area contributed by atoms with Gasteiger partial charge in [-0.3, -0.25) is 0 Å². The maximum Gasteiger partial charge on any atom is 0.231 e. The molecule has 5 aromatic rings. The van der Waals surface area contributed by atoms with Gasteiger partial charge in [-0.15, -0.1) is 5.10 Å². The molecule has 6 heteroatoms. The molecule has 0 aliphatic heterocycles. The summed E-state index contributed by atoms with van der Waals surface area (Å²) in [5, 5.41) is 5.60. The average Bonchev–Trinajstić information content (AvgIpc) is 3.36. The number of nitrogens with two attached hydrogens (primary N) is 1. The summed E-state index contributed by atoms with van der Waals surface area (Å²) in [7, 11) is 0. The number of ether oxygens (including phenoxy) is 1. The Balaban J connectivity index is 1.43. The Morgan fingerprint density at radius 3 is 2.68 bits per heavy atom. The van der Waals surface area contributed by atoms with Gasteiger partial charge in [-0.2, -0.15) is 0 Å². The van der Waals surface area contributed by atoms with Crippen LogP contribution in [0.5, 0.6) is 5.88 Å². The van der Waals surface area contributed by atoms with Crippen LogP contribution in [-0.2, 0) is 0 Å². The van der Waals surface area contributed by atoms with E-state index in [1.807, 2.05) is 66.7 Å². The number of imidazole rings is 1. The van der Waals surface area contributed by atoms with Gasteiger partial charge in [-0.05, 0) is 23.8 Å². The van der Waals surface area contributed by atoms with E-state index >= 15 is 0 Å². The predicted octanol–water partition coefficient (Wildman–Crippen LogP) is 4.22. The number of nitrogens with zero attached hydrogens (tertiary/aromatic N) is 3. The molecular formula is C22H18N4O2. The molecule has 3 aromatic heterocycles. The van der Waals surface area contributed by atoms with Gasteiger partial charge in [0.15, 0.2) is 11.4 Å². The SMILES string of the molecule is N[C@H](COc1ccc2ncc(-c3cc4ccccc4o3)n2n1)c1ccccc1. The first-order chi connectivity index (χ1) is 13.8. The summed E-state index contributed by atoms with van der Waals surface area (Å²) >= 11 is 0. The highest BCUT2D eigenvalue weighted by molar-refractivity contribution is 5.82. The van der Waals surface area contributed by atoms with E-state index in [9.17, 15) is 0 Å². The third-order valence-corrected chi connectivity index (χ3v) is 4.65. The molecule has 0 fully saturated rings. The van der Waals surface area contributed by atoms with Crippen LogP contribution in [0.2, 0.25) is 0 Å². The van der Waals surface area contributed by atoms with Gasteiger partial charge in [0.1, 0.15) is 17.9 Å². The van der Waals surface area contributed by atoms with Crippen molar-refractivity contribution in [1.82, 2.24) is 14.6 Å². The van der Waals surface area contributed by atoms with E-state index in [1.54, 1.807) is 16.8 Å². The van der Waals surface area contributed by atoms with Crippen molar-refractivity contribution in [3.05, 3.63) is 84.6 Å². The monoisotopic (exact) mass is 370 g/mol. The molecule has 0 saturated heterocycles. The van der Waals surface area contributed by atoms with Crippen molar-refractivity contribution in [2.24, 2.45) is 5.73 Å². The Kier molecular flexibility index (Phi) is 4.03. The van der Waals surface area contributed by atoms with Crippen molar-refractivity contribution in [3.63, 3.8) is 0 Å². The van der Waals surface area contributed by atoms with Crippen LogP contribution in [-0.4, -0.2) is 21.2 Å². The molecule has 0 saturated carbocycles. The molecule has 5 rings (SSSR count). The van der Waals surface area contributed by atoms with Gasteiger partial charge < -0.3 is 14.9 Å². The van der Waals surface area contributed by atoms with Crippen LogP contribution >= 0.6 is 0 Å². The summed E-state index contributed by atoms with van der Waals surface area (Å²) in [5.41, 5.74) is 9.55. The molecule has 138 valence electrons. The van der Waals surface area contributed by atoms with Gasteiger partial charge in [0.25, 0.3) is 0 Å². The maximum absolute atomic E-state index is 6.21. The van der Waals surface area contributed by atoms with Gasteiger partial charge in [0.2, 0.25) is 5.88 Å². The summed E-state index contributed by atoms with van der Waals surface area (Å²) in [6.45, 7) is 0.331. The van der Waals surface area contributed by atoms with Gasteiger partial charge in [-0.25, -0.2) is 9.50 Å². The highest BCUT2D eigenvalue weighted by atomic mass is 16.5. The van der Waals surface area contributed by atoms with E-state index in [1.165, 1.54) is 0 Å². The number of hydrogen-bond acceptors (Lipinski definition) is 5. The Morgan fingerprint density at radius 2 is 1.82 bits per heavy atom. The Bertz CT molecular complexity index is 1210. The third kappa shape index (κ3) is 3.00. The highest BCUT2D eigenvalue weighted by Crippen LogP contribution is 2.28. The molecule has 0 unspecified atom stereocenters. The lowest BCUT2D eigenvalue weighted by molar-refractivity contribution is 0.276. The average molecular weight is 370 g/mol. The summed E-state index contributed by atoms with van der Waals surface area (Å²) < 4.78 is 13.5. The zero-order valence-corrected chi connectivity index (χ0v) is 15.0. The number of rotatable bonds is 5. The maximum atomic E-state index is 6.21. The molecule has 0 aliphatic rings. The quantitative estimate of drug-likeness (QED) is 0.501. The summed E-state index contributed by atoms with van der Waals surface area (Å²) in [5.74, 6) is 1.19. The molecule has 0 spiro atoms. The van der Waals surface area contributed by atoms with Crippen molar-refractivity contribution in [2.75, 3.05) is 6.61 Å². The molecule has 0 aliphatic carbocycles. The highest BCUT2D eigenvalue weighted by Gasteiger charge is 2.14. The topological polar surface area (TPSA) is 78.6 Å². The molecule has 28 heavy (non-hydrogen) atoms. The molecule has 3 heterocycles. The standard InChI is InChI=1S/C22H18N4O2/c23-17(15-6-2-1-3-7-15)14-27-22-11-10-21-24-13-18(26(21)25-22)20-12-16-8-4-5-9-19(16)28-20/h1-13,17H,14,23H2/t17-/m1/s1. The van der Waals surface area contributed by atoms with Crippen LogP contribution in [0.1, 0.15) is 11.6 Å². The Labute approximate surface area is 161 Å². The molecule has 2 N–H and O–H groups in total. The Morgan fingerprint density at radius 1 is 1.00 bits per heavy atom. The first-order valence-corrected chi connectivity index (χ1v) is 9.05. The Hall–Kier alpha value is -3.64. The van der Waals surface area contributed by atoms with Gasteiger partial charge >= 0.3 is 0 Å². The van der Waals surface area contributed by atoms with Crippen molar-refractivity contribution >= 4 is 16.6 Å². The fourth-order valence-electron chi connectivity index (χ4n) is 3.18. The lowest BCUT2D eigenvalue weighted by atomic mass is 10.1. The van der Waals surface area contributed by atoms with Crippen LogP contribution < -0.4 is 10.5 Å². The fourth-order valence-corrected chi connectivity index (χ4v) is 3.18. The van der Waals surface area contributed by atoms with Crippen LogP contribution in [0, 0.1) is 0 Å². The first-order valence-electron chi connectivity index (χ1n) is 9.05. The second-order valence-electron chi connectivity index (χ2n) is 6.56. The number of fused-ring (bicyclic) bond motifs is 2. The van der Waals surface area contributed by atoms with E-state index < -0.39 is 0 Å². The van der Waals surface area contributed by atoms with Crippen LogP contribution in [0.3, 0.4) is 0 Å². The minimum absolute atomic E-state index is 0.226. The van der Waals surface area contributed by atoms with E-state index in [-0.39, 0.29) is 6.04 Å². The molecule has 0 amide bonds. The van der Waals surface area contributed by atoms with Crippen LogP contribution in [0.25, 0.3) is 28.1 Å². The van der Waals surface area contributed by atoms with Gasteiger partial charge in [0.05, 0.1) is 12.2 Å². The normalized spacial score (nSPS) is 12.5. The fraction of sp³-hybridized carbons (Fsp3) is 0.0909. The second-order valence-corrected chi connectivity index (χ2v) is 6.56. The third-order valence-electron chi connectivity index (χ3n) is 4.65. The summed E-state index contributed by atoms with van der Waals surface area (Å²) in [4.78, 5) is 4.41. The van der Waals surface area contributed by atoms with E-state index in [4.69, 9.17) is 14.9 Å². The number of aromatic nitrogens is 3. The zero-order chi connectivity index (χ0) is 18.9. The molecule has 1 atom stereocenters. The van der Waals surface area contributed by atoms with Crippen molar-refractivity contribution < 1.29 is 9.15 Å². The first kappa shape index (κ1) is 16.5. The second kappa shape index (κ2) is 6.83.